The summed E-state index contributed by atoms with van der Waals surface area (Å²) in [5, 5.41) is 10.9. The van der Waals surface area contributed by atoms with E-state index in [0.29, 0.717) is 18.7 Å². The van der Waals surface area contributed by atoms with Gasteiger partial charge >= 0.3 is 5.97 Å². The number of aliphatic carboxylic acids is 1. The molecule has 1 amide bonds. The number of rotatable bonds is 5. The van der Waals surface area contributed by atoms with Crippen LogP contribution in [-0.4, -0.2) is 23.5 Å². The Bertz CT molecular complexity index is 373. The fraction of sp³-hybridized carbons (Fsp3) is 0.273. The van der Waals surface area contributed by atoms with Gasteiger partial charge in [-0.25, -0.2) is 0 Å². The zero-order chi connectivity index (χ0) is 12.0. The molecule has 86 valence electrons. The zero-order valence-electron chi connectivity index (χ0n) is 8.77. The number of carboxylic acids is 1. The van der Waals surface area contributed by atoms with Crippen LogP contribution in [-0.2, 0) is 16.0 Å². The quantitative estimate of drug-likeness (QED) is 0.496. The third kappa shape index (κ3) is 4.45. The Hall–Kier alpha value is -2.04. The number of hydrogen-bond donors (Lipinski definition) is 3. The average Bonchev–Trinajstić information content (AvgIpc) is 2.20. The third-order valence-corrected chi connectivity index (χ3v) is 2.03. The van der Waals surface area contributed by atoms with Gasteiger partial charge in [0.25, 0.3) is 0 Å². The number of nitrogens with two attached hydrogens (primary N) is 1. The van der Waals surface area contributed by atoms with Crippen LogP contribution in [0.4, 0.5) is 5.69 Å². The van der Waals surface area contributed by atoms with Crippen molar-refractivity contribution in [2.75, 3.05) is 12.3 Å². The van der Waals surface area contributed by atoms with Gasteiger partial charge in [-0.1, -0.05) is 12.1 Å². The van der Waals surface area contributed by atoms with Gasteiger partial charge in [0.05, 0.1) is 0 Å². The summed E-state index contributed by atoms with van der Waals surface area (Å²) < 4.78 is 0. The van der Waals surface area contributed by atoms with Crippen molar-refractivity contribution in [3.05, 3.63) is 29.8 Å². The van der Waals surface area contributed by atoms with E-state index in [-0.39, 0.29) is 0 Å². The lowest BCUT2D eigenvalue weighted by molar-refractivity contribution is -0.140. The monoisotopic (exact) mass is 222 g/mol. The molecule has 4 N–H and O–H groups in total. The van der Waals surface area contributed by atoms with Gasteiger partial charge < -0.3 is 16.2 Å². The molecule has 0 saturated heterocycles. The van der Waals surface area contributed by atoms with E-state index < -0.39 is 18.3 Å². The van der Waals surface area contributed by atoms with Crippen molar-refractivity contribution in [1.82, 2.24) is 5.32 Å². The summed E-state index contributed by atoms with van der Waals surface area (Å²) >= 11 is 0. The third-order valence-electron chi connectivity index (χ3n) is 2.03. The van der Waals surface area contributed by atoms with Gasteiger partial charge in [0, 0.05) is 12.2 Å². The van der Waals surface area contributed by atoms with E-state index in [1.54, 1.807) is 12.1 Å². The van der Waals surface area contributed by atoms with E-state index in [9.17, 15) is 9.59 Å². The summed E-state index contributed by atoms with van der Waals surface area (Å²) in [5.41, 5.74) is 7.26. The Labute approximate surface area is 93.3 Å². The van der Waals surface area contributed by atoms with E-state index >= 15 is 0 Å². The van der Waals surface area contributed by atoms with Gasteiger partial charge in [0.2, 0.25) is 5.91 Å². The molecule has 0 spiro atoms. The second-order valence-corrected chi connectivity index (χ2v) is 3.41. The van der Waals surface area contributed by atoms with Crippen molar-refractivity contribution >= 4 is 17.6 Å². The molecule has 0 heterocycles. The van der Waals surface area contributed by atoms with Crippen LogP contribution in [0.1, 0.15) is 12.0 Å². The molecule has 0 bridgehead atoms. The summed E-state index contributed by atoms with van der Waals surface area (Å²) in [6.07, 6.45) is 0.174. The fourth-order valence-electron chi connectivity index (χ4n) is 1.23. The molecule has 5 heteroatoms. The van der Waals surface area contributed by atoms with Gasteiger partial charge in [-0.2, -0.15) is 0 Å². The molecular formula is C11H14N2O3. The topological polar surface area (TPSA) is 92.4 Å². The highest BCUT2D eigenvalue weighted by Crippen LogP contribution is 2.05. The van der Waals surface area contributed by atoms with Crippen molar-refractivity contribution in [2.24, 2.45) is 0 Å². The molecule has 0 aliphatic rings. The predicted molar refractivity (Wildman–Crippen MR) is 59.8 cm³/mol. The van der Waals surface area contributed by atoms with Crippen molar-refractivity contribution < 1.29 is 14.7 Å². The lowest BCUT2D eigenvalue weighted by Crippen LogP contribution is -2.27. The first-order chi connectivity index (χ1) is 7.58. The van der Waals surface area contributed by atoms with Crippen LogP contribution >= 0.6 is 0 Å². The first kappa shape index (κ1) is 12.0. The van der Waals surface area contributed by atoms with Crippen molar-refractivity contribution in [2.45, 2.75) is 12.8 Å². The van der Waals surface area contributed by atoms with Crippen LogP contribution in [0.15, 0.2) is 24.3 Å². The Morgan fingerprint density at radius 1 is 1.25 bits per heavy atom. The maximum Gasteiger partial charge on any atom is 0.312 e. The second kappa shape index (κ2) is 5.75. The zero-order valence-corrected chi connectivity index (χ0v) is 8.77. The molecule has 0 fully saturated rings. The summed E-state index contributed by atoms with van der Waals surface area (Å²) in [4.78, 5) is 21.2. The molecule has 0 unspecified atom stereocenters. The lowest BCUT2D eigenvalue weighted by atomic mass is 10.1. The molecule has 0 saturated carbocycles. The van der Waals surface area contributed by atoms with Crippen LogP contribution in [0, 0.1) is 0 Å². The number of carbonyl (C=O) groups is 2. The van der Waals surface area contributed by atoms with Crippen molar-refractivity contribution in [3.8, 4) is 0 Å². The number of anilines is 1. The van der Waals surface area contributed by atoms with Crippen LogP contribution in [0.25, 0.3) is 0 Å². The average molecular weight is 222 g/mol. The number of benzene rings is 1. The lowest BCUT2D eigenvalue weighted by Gasteiger charge is -2.04. The van der Waals surface area contributed by atoms with E-state index in [0.717, 1.165) is 5.56 Å². The molecule has 0 radical (unpaired) electrons. The van der Waals surface area contributed by atoms with Gasteiger partial charge in [0.15, 0.2) is 0 Å². The summed E-state index contributed by atoms with van der Waals surface area (Å²) in [5.74, 6) is -1.59. The molecule has 1 aromatic rings. The molecule has 16 heavy (non-hydrogen) atoms. The first-order valence-electron chi connectivity index (χ1n) is 4.91. The maximum atomic E-state index is 11.0. The van der Waals surface area contributed by atoms with Crippen molar-refractivity contribution in [1.29, 1.82) is 0 Å². The van der Waals surface area contributed by atoms with E-state index in [1.807, 2.05) is 12.1 Å². The highest BCUT2D eigenvalue weighted by molar-refractivity contribution is 5.93. The molecular weight excluding hydrogens is 208 g/mol. The van der Waals surface area contributed by atoms with Crippen molar-refractivity contribution in [3.63, 3.8) is 0 Å². The summed E-state index contributed by atoms with van der Waals surface area (Å²) in [6, 6.07) is 7.32. The minimum absolute atomic E-state index is 0.427. The number of nitrogens with one attached hydrogen (secondary N) is 1. The van der Waals surface area contributed by atoms with Gasteiger partial charge in [-0.15, -0.1) is 0 Å². The number of carboxylic acid groups (broad SMARTS) is 1. The van der Waals surface area contributed by atoms with Crippen LogP contribution < -0.4 is 11.1 Å². The minimum atomic E-state index is -1.12. The maximum absolute atomic E-state index is 11.0. The highest BCUT2D eigenvalue weighted by atomic mass is 16.4. The number of carbonyl (C=O) groups excluding carboxylic acids is 1. The fourth-order valence-corrected chi connectivity index (χ4v) is 1.23. The molecule has 0 aliphatic heterocycles. The number of hydrogen-bond acceptors (Lipinski definition) is 3. The Kier molecular flexibility index (Phi) is 4.32. The molecule has 0 aromatic heterocycles. The molecule has 5 nitrogen and oxygen atoms in total. The molecule has 0 atom stereocenters. The summed E-state index contributed by atoms with van der Waals surface area (Å²) in [7, 11) is 0. The Balaban J connectivity index is 2.28. The highest BCUT2D eigenvalue weighted by Gasteiger charge is 2.05. The van der Waals surface area contributed by atoms with Gasteiger partial charge in [-0.05, 0) is 24.1 Å². The number of amides is 1. The van der Waals surface area contributed by atoms with Crippen LogP contribution in [0.2, 0.25) is 0 Å². The normalized spacial score (nSPS) is 9.75. The van der Waals surface area contributed by atoms with Crippen LogP contribution in [0.3, 0.4) is 0 Å². The standard InChI is InChI=1S/C11H14N2O3/c12-9-3-1-8(2-4-9)5-6-13-10(14)7-11(15)16/h1-4H,5-7,12H2,(H,13,14)(H,15,16). The smallest absolute Gasteiger partial charge is 0.312 e. The van der Waals surface area contributed by atoms with Gasteiger partial charge in [-0.3, -0.25) is 9.59 Å². The van der Waals surface area contributed by atoms with E-state index in [1.165, 1.54) is 0 Å². The SMILES string of the molecule is Nc1ccc(CCNC(=O)CC(=O)O)cc1. The Morgan fingerprint density at radius 2 is 1.88 bits per heavy atom. The van der Waals surface area contributed by atoms with E-state index in [2.05, 4.69) is 5.32 Å². The largest absolute Gasteiger partial charge is 0.481 e. The minimum Gasteiger partial charge on any atom is -0.481 e. The molecule has 0 aliphatic carbocycles. The predicted octanol–water partition coefficient (Wildman–Crippen LogP) is 0.402. The first-order valence-corrected chi connectivity index (χ1v) is 4.91. The number of nitrogen functional groups attached to an aromatic ring is 1. The molecule has 1 aromatic carbocycles. The molecule has 1 rings (SSSR count). The van der Waals surface area contributed by atoms with Crippen LogP contribution in [0.5, 0.6) is 0 Å². The summed E-state index contributed by atoms with van der Waals surface area (Å²) in [6.45, 7) is 0.427. The second-order valence-electron chi connectivity index (χ2n) is 3.41. The Morgan fingerprint density at radius 3 is 2.44 bits per heavy atom. The van der Waals surface area contributed by atoms with E-state index in [4.69, 9.17) is 10.8 Å². The van der Waals surface area contributed by atoms with Gasteiger partial charge in [0.1, 0.15) is 6.42 Å².